The van der Waals surface area contributed by atoms with Crippen LogP contribution in [-0.4, -0.2) is 60.2 Å². The lowest BCUT2D eigenvalue weighted by atomic mass is 10.1. The molecule has 152 valence electrons. The van der Waals surface area contributed by atoms with E-state index in [0.29, 0.717) is 42.3 Å². The van der Waals surface area contributed by atoms with E-state index in [0.717, 1.165) is 0 Å². The van der Waals surface area contributed by atoms with Gasteiger partial charge in [0.25, 0.3) is 11.8 Å². The van der Waals surface area contributed by atoms with Gasteiger partial charge in [0.2, 0.25) is 5.91 Å². The number of halogens is 2. The predicted molar refractivity (Wildman–Crippen MR) is 107 cm³/mol. The average molecular weight is 418 g/mol. The molecule has 1 N–H and O–H groups in total. The molecule has 1 heterocycles. The van der Waals surface area contributed by atoms with Gasteiger partial charge >= 0.3 is 0 Å². The minimum absolute atomic E-state index is 0.0738. The monoisotopic (exact) mass is 417 g/mol. The van der Waals surface area contributed by atoms with E-state index in [9.17, 15) is 18.8 Å². The molecule has 8 heteroatoms. The number of rotatable bonds is 5. The Kier molecular flexibility index (Phi) is 6.82. The van der Waals surface area contributed by atoms with Gasteiger partial charge < -0.3 is 15.1 Å². The molecule has 1 aliphatic heterocycles. The lowest BCUT2D eigenvalue weighted by molar-refractivity contribution is -0.132. The summed E-state index contributed by atoms with van der Waals surface area (Å²) in [5.41, 5.74) is 0.908. The number of carbonyl (C=O) groups excluding carboxylic acids is 3. The summed E-state index contributed by atoms with van der Waals surface area (Å²) in [5, 5.41) is 3.27. The molecule has 0 aromatic heterocycles. The minimum Gasteiger partial charge on any atom is -0.352 e. The highest BCUT2D eigenvalue weighted by Crippen LogP contribution is 2.11. The van der Waals surface area contributed by atoms with Crippen LogP contribution in [0.2, 0.25) is 5.02 Å². The number of nitrogens with one attached hydrogen (secondary N) is 1. The van der Waals surface area contributed by atoms with Crippen molar-refractivity contribution in [3.05, 3.63) is 70.5 Å². The third-order valence-electron chi connectivity index (χ3n) is 4.74. The smallest absolute Gasteiger partial charge is 0.253 e. The standard InChI is InChI=1S/C21H21ClFN3O3/c22-17-5-1-15(2-6-17)20(28)24-10-9-19(27)25-11-13-26(14-12-25)21(29)16-3-7-18(23)8-4-16/h1-8H,9-14H2,(H,24,28). The maximum Gasteiger partial charge on any atom is 0.253 e. The zero-order valence-corrected chi connectivity index (χ0v) is 16.5. The van der Waals surface area contributed by atoms with Crippen LogP contribution in [0.15, 0.2) is 48.5 Å². The molecule has 6 nitrogen and oxygen atoms in total. The second-order valence-corrected chi connectivity index (χ2v) is 7.13. The van der Waals surface area contributed by atoms with E-state index in [1.807, 2.05) is 0 Å². The second-order valence-electron chi connectivity index (χ2n) is 6.69. The minimum atomic E-state index is -0.389. The summed E-state index contributed by atoms with van der Waals surface area (Å²) in [6, 6.07) is 11.9. The zero-order valence-electron chi connectivity index (χ0n) is 15.7. The molecule has 0 unspecified atom stereocenters. The van der Waals surface area contributed by atoms with Gasteiger partial charge in [0.05, 0.1) is 0 Å². The van der Waals surface area contributed by atoms with Gasteiger partial charge in [0, 0.05) is 55.3 Å². The maximum atomic E-state index is 13.0. The number of hydrogen-bond donors (Lipinski definition) is 1. The van der Waals surface area contributed by atoms with Crippen molar-refractivity contribution in [2.24, 2.45) is 0 Å². The SMILES string of the molecule is O=C(NCCC(=O)N1CCN(C(=O)c2ccc(F)cc2)CC1)c1ccc(Cl)cc1. The van der Waals surface area contributed by atoms with Crippen molar-refractivity contribution in [2.75, 3.05) is 32.7 Å². The van der Waals surface area contributed by atoms with Gasteiger partial charge in [-0.15, -0.1) is 0 Å². The van der Waals surface area contributed by atoms with E-state index < -0.39 is 0 Å². The Morgan fingerprint density at radius 3 is 2.03 bits per heavy atom. The van der Waals surface area contributed by atoms with E-state index in [1.54, 1.807) is 34.1 Å². The van der Waals surface area contributed by atoms with Crippen molar-refractivity contribution in [2.45, 2.75) is 6.42 Å². The van der Waals surface area contributed by atoms with Gasteiger partial charge in [0.15, 0.2) is 0 Å². The number of carbonyl (C=O) groups is 3. The van der Waals surface area contributed by atoms with Crippen LogP contribution in [0.25, 0.3) is 0 Å². The normalized spacial score (nSPS) is 13.9. The highest BCUT2D eigenvalue weighted by atomic mass is 35.5. The van der Waals surface area contributed by atoms with Crippen LogP contribution >= 0.6 is 11.6 Å². The molecule has 0 bridgehead atoms. The summed E-state index contributed by atoms with van der Waals surface area (Å²) in [4.78, 5) is 40.2. The fraction of sp³-hybridized carbons (Fsp3) is 0.286. The maximum absolute atomic E-state index is 13.0. The van der Waals surface area contributed by atoms with Gasteiger partial charge in [0.1, 0.15) is 5.82 Å². The first-order chi connectivity index (χ1) is 13.9. The van der Waals surface area contributed by atoms with Gasteiger partial charge in [-0.2, -0.15) is 0 Å². The quantitative estimate of drug-likeness (QED) is 0.813. The topological polar surface area (TPSA) is 69.7 Å². The summed E-state index contributed by atoms with van der Waals surface area (Å²) in [5.74, 6) is -0.896. The van der Waals surface area contributed by atoms with Crippen molar-refractivity contribution in [3.8, 4) is 0 Å². The number of hydrogen-bond acceptors (Lipinski definition) is 3. The van der Waals surface area contributed by atoms with Crippen LogP contribution in [0.4, 0.5) is 4.39 Å². The molecule has 29 heavy (non-hydrogen) atoms. The molecule has 3 amide bonds. The predicted octanol–water partition coefficient (Wildman–Crippen LogP) is 2.58. The van der Waals surface area contributed by atoms with Crippen LogP contribution < -0.4 is 5.32 Å². The van der Waals surface area contributed by atoms with E-state index in [4.69, 9.17) is 11.6 Å². The lowest BCUT2D eigenvalue weighted by Gasteiger charge is -2.35. The average Bonchev–Trinajstić information content (AvgIpc) is 2.74. The first-order valence-electron chi connectivity index (χ1n) is 9.30. The Morgan fingerprint density at radius 1 is 0.862 bits per heavy atom. The summed E-state index contributed by atoms with van der Waals surface area (Å²) >= 11 is 5.80. The third-order valence-corrected chi connectivity index (χ3v) is 4.99. The Hall–Kier alpha value is -2.93. The molecule has 0 spiro atoms. The molecule has 1 saturated heterocycles. The van der Waals surface area contributed by atoms with Gasteiger partial charge in [-0.1, -0.05) is 11.6 Å². The Bertz CT molecular complexity index is 879. The number of piperazine rings is 1. The Labute approximate surface area is 173 Å². The number of amides is 3. The molecule has 1 fully saturated rings. The number of benzene rings is 2. The van der Waals surface area contributed by atoms with Crippen molar-refractivity contribution >= 4 is 29.3 Å². The first-order valence-corrected chi connectivity index (χ1v) is 9.68. The van der Waals surface area contributed by atoms with Crippen molar-refractivity contribution < 1.29 is 18.8 Å². The molecule has 0 aliphatic carbocycles. The van der Waals surface area contributed by atoms with Crippen LogP contribution in [0.3, 0.4) is 0 Å². The van der Waals surface area contributed by atoms with Crippen molar-refractivity contribution in [1.82, 2.24) is 15.1 Å². The summed E-state index contributed by atoms with van der Waals surface area (Å²) < 4.78 is 13.0. The fourth-order valence-corrected chi connectivity index (χ4v) is 3.20. The Balaban J connectivity index is 1.41. The van der Waals surface area contributed by atoms with Gasteiger partial charge in [-0.05, 0) is 48.5 Å². The first kappa shape index (κ1) is 20.8. The highest BCUT2D eigenvalue weighted by molar-refractivity contribution is 6.30. The molecule has 0 radical (unpaired) electrons. The number of nitrogens with zero attached hydrogens (tertiary/aromatic N) is 2. The van der Waals surface area contributed by atoms with Crippen LogP contribution in [0, 0.1) is 5.82 Å². The van der Waals surface area contributed by atoms with E-state index in [1.165, 1.54) is 24.3 Å². The summed E-state index contributed by atoms with van der Waals surface area (Å²) in [6.45, 7) is 1.92. The molecule has 2 aromatic rings. The molecule has 3 rings (SSSR count). The molecule has 0 atom stereocenters. The molecule has 2 aromatic carbocycles. The van der Waals surface area contributed by atoms with Crippen LogP contribution in [-0.2, 0) is 4.79 Å². The molecular weight excluding hydrogens is 397 g/mol. The van der Waals surface area contributed by atoms with Gasteiger partial charge in [-0.25, -0.2) is 4.39 Å². The van der Waals surface area contributed by atoms with E-state index in [-0.39, 0.29) is 36.5 Å². The molecule has 0 saturated carbocycles. The third kappa shape index (κ3) is 5.54. The summed E-state index contributed by atoms with van der Waals surface area (Å²) in [6.07, 6.45) is 0.186. The van der Waals surface area contributed by atoms with Crippen molar-refractivity contribution in [1.29, 1.82) is 0 Å². The van der Waals surface area contributed by atoms with Crippen LogP contribution in [0.1, 0.15) is 27.1 Å². The largest absolute Gasteiger partial charge is 0.352 e. The van der Waals surface area contributed by atoms with Crippen molar-refractivity contribution in [3.63, 3.8) is 0 Å². The van der Waals surface area contributed by atoms with Crippen LogP contribution in [0.5, 0.6) is 0 Å². The second kappa shape index (κ2) is 9.52. The van der Waals surface area contributed by atoms with E-state index >= 15 is 0 Å². The zero-order chi connectivity index (χ0) is 20.8. The Morgan fingerprint density at radius 2 is 1.41 bits per heavy atom. The highest BCUT2D eigenvalue weighted by Gasteiger charge is 2.24. The molecule has 1 aliphatic rings. The van der Waals surface area contributed by atoms with Gasteiger partial charge in [-0.3, -0.25) is 14.4 Å². The summed E-state index contributed by atoms with van der Waals surface area (Å²) in [7, 11) is 0. The molecular formula is C21H21ClFN3O3. The van der Waals surface area contributed by atoms with E-state index in [2.05, 4.69) is 5.32 Å². The fourth-order valence-electron chi connectivity index (χ4n) is 3.08. The lowest BCUT2D eigenvalue weighted by Crippen LogP contribution is -2.51.